The average Bonchev–Trinajstić information content (AvgIpc) is 3.27. The molecular weight excluding hydrogens is 440 g/mol. The topological polar surface area (TPSA) is 78.7 Å². The zero-order valence-electron chi connectivity index (χ0n) is 18.6. The molecule has 1 fully saturated rings. The van der Waals surface area contributed by atoms with Crippen molar-refractivity contribution < 1.29 is 14.0 Å². The van der Waals surface area contributed by atoms with E-state index in [0.29, 0.717) is 23.7 Å². The summed E-state index contributed by atoms with van der Waals surface area (Å²) in [5.74, 6) is -0.191. The van der Waals surface area contributed by atoms with Gasteiger partial charge in [-0.1, -0.05) is 42.8 Å². The summed E-state index contributed by atoms with van der Waals surface area (Å²) in [7, 11) is 0. The molecule has 1 saturated heterocycles. The van der Waals surface area contributed by atoms with Gasteiger partial charge in [-0.3, -0.25) is 14.5 Å². The first kappa shape index (κ1) is 21.9. The lowest BCUT2D eigenvalue weighted by Crippen LogP contribution is -2.47. The Balaban J connectivity index is 1.11. The molecule has 0 amide bonds. The molecule has 7 nitrogen and oxygen atoms in total. The van der Waals surface area contributed by atoms with Crippen LogP contribution in [-0.2, 0) is 9.59 Å². The van der Waals surface area contributed by atoms with Crippen molar-refractivity contribution in [3.8, 4) is 0 Å². The monoisotopic (exact) mass is 466 g/mol. The third-order valence-corrected chi connectivity index (χ3v) is 6.81. The number of hydrogen-bond donors (Lipinski definition) is 1. The van der Waals surface area contributed by atoms with Gasteiger partial charge in [-0.05, 0) is 37.4 Å². The van der Waals surface area contributed by atoms with Crippen molar-refractivity contribution in [1.82, 2.24) is 15.2 Å². The molecule has 0 saturated carbocycles. The van der Waals surface area contributed by atoms with Crippen LogP contribution in [0, 0.1) is 5.92 Å². The Morgan fingerprint density at radius 1 is 1.12 bits per heavy atom. The Kier molecular flexibility index (Phi) is 6.08. The second-order valence-corrected chi connectivity index (χ2v) is 9.21. The summed E-state index contributed by atoms with van der Waals surface area (Å²) in [6, 6.07) is 8.48. The predicted octanol–water partition coefficient (Wildman–Crippen LogP) is 3.42. The van der Waals surface area contributed by atoms with Gasteiger partial charge in [0.2, 0.25) is 11.6 Å². The van der Waals surface area contributed by atoms with Crippen LogP contribution in [0.4, 0.5) is 6.01 Å². The highest BCUT2D eigenvalue weighted by Gasteiger charge is 2.35. The maximum Gasteiger partial charge on any atom is 0.298 e. The Morgan fingerprint density at radius 2 is 1.91 bits per heavy atom. The first-order valence-corrected chi connectivity index (χ1v) is 11.9. The van der Waals surface area contributed by atoms with E-state index in [-0.39, 0.29) is 28.2 Å². The number of benzene rings is 1. The molecule has 8 heteroatoms. The number of aromatic nitrogens is 1. The highest BCUT2D eigenvalue weighted by atomic mass is 35.5. The number of halogens is 1. The first-order valence-electron chi connectivity index (χ1n) is 11.5. The standard InChI is InChI=1S/C25H27ClN4O3/c1-16-7-8-17-18(15-16)24(32)22(21(26)23(17)31)27-9-4-10-29-11-13-30(14-12-29)25-28-19-5-2-3-6-20(19)33-25/h2-3,5-6,8,15-16,27H,4,7,9-14H2,1H3. The number of Topliss-reactive ketones (excluding diaryl/α,β-unsaturated/α-hetero) is 2. The minimum absolute atomic E-state index is 0.00454. The molecule has 1 N–H and O–H groups in total. The van der Waals surface area contributed by atoms with Gasteiger partial charge in [0.15, 0.2) is 5.58 Å². The number of piperazine rings is 1. The largest absolute Gasteiger partial charge is 0.423 e. The second-order valence-electron chi connectivity index (χ2n) is 8.83. The number of ketones is 2. The molecule has 1 aromatic heterocycles. The quantitative estimate of drug-likeness (QED) is 0.653. The van der Waals surface area contributed by atoms with Gasteiger partial charge in [0.1, 0.15) is 16.2 Å². The third kappa shape index (κ3) is 4.35. The third-order valence-electron chi connectivity index (χ3n) is 6.45. The molecule has 0 radical (unpaired) electrons. The molecule has 0 bridgehead atoms. The SMILES string of the molecule is CC1C=C2C(=O)C(NCCCN3CCN(c4nc5ccccc5o4)CC3)=C(Cl)C(=O)C2=CC1. The van der Waals surface area contributed by atoms with Crippen LogP contribution in [0.15, 0.2) is 62.7 Å². The summed E-state index contributed by atoms with van der Waals surface area (Å²) in [6.07, 6.45) is 5.32. The number of allylic oxidation sites excluding steroid dienone is 5. The van der Waals surface area contributed by atoms with E-state index in [1.807, 2.05) is 43.3 Å². The molecule has 0 spiro atoms. The fourth-order valence-electron chi connectivity index (χ4n) is 4.57. The van der Waals surface area contributed by atoms with Gasteiger partial charge in [-0.25, -0.2) is 0 Å². The zero-order valence-corrected chi connectivity index (χ0v) is 19.4. The Morgan fingerprint density at radius 3 is 2.70 bits per heavy atom. The fraction of sp³-hybridized carbons (Fsp3) is 0.400. The first-order chi connectivity index (χ1) is 16.0. The van der Waals surface area contributed by atoms with Crippen LogP contribution in [0.25, 0.3) is 11.1 Å². The Hall–Kier alpha value is -2.90. The van der Waals surface area contributed by atoms with Crippen LogP contribution < -0.4 is 10.2 Å². The number of nitrogens with one attached hydrogen (secondary N) is 1. The molecule has 1 unspecified atom stereocenters. The van der Waals surface area contributed by atoms with Crippen LogP contribution in [0.5, 0.6) is 0 Å². The molecule has 3 aliphatic rings. The molecule has 2 aromatic rings. The van der Waals surface area contributed by atoms with Gasteiger partial charge in [-0.2, -0.15) is 4.98 Å². The smallest absolute Gasteiger partial charge is 0.298 e. The molecule has 2 aliphatic carbocycles. The summed E-state index contributed by atoms with van der Waals surface area (Å²) < 4.78 is 5.88. The van der Waals surface area contributed by atoms with Crippen LogP contribution in [0.1, 0.15) is 19.8 Å². The number of oxazole rings is 1. The molecule has 1 aliphatic heterocycles. The summed E-state index contributed by atoms with van der Waals surface area (Å²) in [6.45, 7) is 7.05. The minimum Gasteiger partial charge on any atom is -0.423 e. The van der Waals surface area contributed by atoms with Crippen molar-refractivity contribution in [3.05, 3.63) is 58.3 Å². The van der Waals surface area contributed by atoms with Crippen molar-refractivity contribution in [2.24, 2.45) is 5.92 Å². The van der Waals surface area contributed by atoms with E-state index in [0.717, 1.165) is 56.7 Å². The van der Waals surface area contributed by atoms with Gasteiger partial charge >= 0.3 is 0 Å². The minimum atomic E-state index is -0.257. The molecule has 1 atom stereocenters. The van der Waals surface area contributed by atoms with Crippen LogP contribution in [0.3, 0.4) is 0 Å². The lowest BCUT2D eigenvalue weighted by atomic mass is 9.82. The van der Waals surface area contributed by atoms with Crippen LogP contribution in [-0.4, -0.2) is 60.7 Å². The van der Waals surface area contributed by atoms with E-state index < -0.39 is 0 Å². The molecule has 5 rings (SSSR count). The zero-order chi connectivity index (χ0) is 22.9. The lowest BCUT2D eigenvalue weighted by Gasteiger charge is -2.33. The number of para-hydroxylation sites is 2. The van der Waals surface area contributed by atoms with Gasteiger partial charge < -0.3 is 14.6 Å². The van der Waals surface area contributed by atoms with Crippen molar-refractivity contribution in [3.63, 3.8) is 0 Å². The molecular formula is C25H27ClN4O3. The number of fused-ring (bicyclic) bond motifs is 2. The fourth-order valence-corrected chi connectivity index (χ4v) is 4.82. The molecule has 2 heterocycles. The van der Waals surface area contributed by atoms with E-state index in [4.69, 9.17) is 16.0 Å². The van der Waals surface area contributed by atoms with Crippen molar-refractivity contribution in [1.29, 1.82) is 0 Å². The maximum atomic E-state index is 12.9. The number of hydrogen-bond acceptors (Lipinski definition) is 7. The molecule has 172 valence electrons. The van der Waals surface area contributed by atoms with E-state index in [1.54, 1.807) is 0 Å². The normalized spacial score (nSPS) is 21.9. The van der Waals surface area contributed by atoms with Gasteiger partial charge in [-0.15, -0.1) is 0 Å². The average molecular weight is 467 g/mol. The van der Waals surface area contributed by atoms with Gasteiger partial charge in [0.05, 0.1) is 0 Å². The highest BCUT2D eigenvalue weighted by Crippen LogP contribution is 2.33. The second kappa shape index (κ2) is 9.15. The Labute approximate surface area is 197 Å². The van der Waals surface area contributed by atoms with Crippen molar-refractivity contribution in [2.75, 3.05) is 44.2 Å². The number of carbonyl (C=O) groups is 2. The Bertz CT molecular complexity index is 1150. The van der Waals surface area contributed by atoms with E-state index >= 15 is 0 Å². The van der Waals surface area contributed by atoms with E-state index in [1.165, 1.54) is 0 Å². The van der Waals surface area contributed by atoms with E-state index in [2.05, 4.69) is 20.1 Å². The predicted molar refractivity (Wildman–Crippen MR) is 128 cm³/mol. The maximum absolute atomic E-state index is 12.9. The number of nitrogens with zero attached hydrogens (tertiary/aromatic N) is 3. The summed E-state index contributed by atoms with van der Waals surface area (Å²) in [4.78, 5) is 34.6. The van der Waals surface area contributed by atoms with Gasteiger partial charge in [0.25, 0.3) is 6.01 Å². The van der Waals surface area contributed by atoms with Crippen molar-refractivity contribution in [2.45, 2.75) is 19.8 Å². The highest BCUT2D eigenvalue weighted by molar-refractivity contribution is 6.50. The number of anilines is 1. The van der Waals surface area contributed by atoms with Gasteiger partial charge in [0, 0.05) is 43.9 Å². The lowest BCUT2D eigenvalue weighted by molar-refractivity contribution is -0.116. The number of rotatable bonds is 6. The molecule has 33 heavy (non-hydrogen) atoms. The summed E-state index contributed by atoms with van der Waals surface area (Å²) in [5.41, 5.74) is 2.86. The summed E-state index contributed by atoms with van der Waals surface area (Å²) in [5, 5.41) is 3.14. The van der Waals surface area contributed by atoms with Crippen LogP contribution in [0.2, 0.25) is 0 Å². The van der Waals surface area contributed by atoms with E-state index in [9.17, 15) is 9.59 Å². The summed E-state index contributed by atoms with van der Waals surface area (Å²) >= 11 is 6.26. The van der Waals surface area contributed by atoms with Crippen molar-refractivity contribution >= 4 is 40.3 Å². The van der Waals surface area contributed by atoms with Crippen LogP contribution >= 0.6 is 11.6 Å². The molecule has 1 aromatic carbocycles. The number of carbonyl (C=O) groups excluding carboxylic acids is 2.